The first kappa shape index (κ1) is 32.3. The number of rotatable bonds is 3. The first-order chi connectivity index (χ1) is 23.2. The van der Waals surface area contributed by atoms with E-state index in [2.05, 4.69) is 4.98 Å². The third-order valence-corrected chi connectivity index (χ3v) is 9.84. The van der Waals surface area contributed by atoms with Gasteiger partial charge in [-0.05, 0) is 65.8 Å². The summed E-state index contributed by atoms with van der Waals surface area (Å²) in [6.45, 7) is 11.4. The van der Waals surface area contributed by atoms with Crippen LogP contribution in [0.5, 0.6) is 0 Å². The molecule has 1 aliphatic rings. The number of carbonyl (C=O) groups excluding carboxylic acids is 1. The number of thiophene rings is 1. The Morgan fingerprint density at radius 2 is 1.80 bits per heavy atom. The molecule has 9 nitrogen and oxygen atoms in total. The maximum Gasteiger partial charge on any atom is 0.410 e. The van der Waals surface area contributed by atoms with E-state index in [9.17, 15) is 14.4 Å². The third kappa shape index (κ3) is 5.31. The van der Waals surface area contributed by atoms with Crippen molar-refractivity contribution >= 4 is 38.5 Å². The molecule has 0 aliphatic carbocycles. The number of amides is 1. The lowest BCUT2D eigenvalue weighted by Gasteiger charge is -2.38. The Morgan fingerprint density at radius 1 is 1.04 bits per heavy atom. The van der Waals surface area contributed by atoms with Crippen molar-refractivity contribution in [3.8, 4) is 39.8 Å². The molecule has 0 unspecified atom stereocenters. The van der Waals surface area contributed by atoms with E-state index >= 15 is 8.78 Å². The van der Waals surface area contributed by atoms with Crippen LogP contribution in [0.25, 0.3) is 54.9 Å². The molecule has 0 saturated heterocycles. The number of carbonyl (C=O) groups is 1. The summed E-state index contributed by atoms with van der Waals surface area (Å²) in [7, 11) is 1.92. The van der Waals surface area contributed by atoms with Crippen molar-refractivity contribution in [3.63, 3.8) is 0 Å². The molecule has 6 aromatic rings. The lowest BCUT2D eigenvalue weighted by molar-refractivity contribution is 0.00865. The van der Waals surface area contributed by atoms with E-state index in [1.54, 1.807) is 36.4 Å². The average molecular weight is 684 g/mol. The van der Waals surface area contributed by atoms with Crippen molar-refractivity contribution in [1.29, 1.82) is 5.26 Å². The summed E-state index contributed by atoms with van der Waals surface area (Å²) < 4.78 is 56.2. The number of nitriles is 1. The SMILES string of the molecule is Cc1nc2cc(-c3nc(-c4cc5n(n4)[C@@H](C)CN(C(=O)OC(C)(C)C)[C@@H]5C)c(-c4c(F)cc(F)cc4C#N)c4c(F)csc34)ccc2n1C. The molecule has 0 N–H and O–H groups in total. The highest BCUT2D eigenvalue weighted by Crippen LogP contribution is 2.47. The fraction of sp³-hybridized carbons (Fsp3) is 0.306. The quantitative estimate of drug-likeness (QED) is 0.185. The van der Waals surface area contributed by atoms with Gasteiger partial charge in [0.1, 0.15) is 40.3 Å². The molecule has 0 bridgehead atoms. The number of benzene rings is 2. The summed E-state index contributed by atoms with van der Waals surface area (Å²) in [5.74, 6) is -1.81. The topological polar surface area (TPSA) is 102 Å². The van der Waals surface area contributed by atoms with Gasteiger partial charge in [-0.25, -0.2) is 27.9 Å². The Hall–Kier alpha value is -5.22. The van der Waals surface area contributed by atoms with Crippen LogP contribution < -0.4 is 0 Å². The molecule has 0 saturated carbocycles. The highest BCUT2D eigenvalue weighted by atomic mass is 32.1. The second-order valence-corrected chi connectivity index (χ2v) is 14.3. The number of pyridine rings is 1. The lowest BCUT2D eigenvalue weighted by atomic mass is 9.92. The summed E-state index contributed by atoms with van der Waals surface area (Å²) in [4.78, 5) is 24.6. The second kappa shape index (κ2) is 11.4. The Bertz CT molecular complexity index is 2380. The normalized spacial score (nSPS) is 16.3. The van der Waals surface area contributed by atoms with Crippen molar-refractivity contribution in [1.82, 2.24) is 29.2 Å². The largest absolute Gasteiger partial charge is 0.444 e. The number of aryl methyl sites for hydroxylation is 2. The predicted octanol–water partition coefficient (Wildman–Crippen LogP) is 8.85. The predicted molar refractivity (Wildman–Crippen MR) is 181 cm³/mol. The first-order valence-electron chi connectivity index (χ1n) is 15.7. The van der Waals surface area contributed by atoms with Crippen LogP contribution in [0, 0.1) is 35.7 Å². The summed E-state index contributed by atoms with van der Waals surface area (Å²) in [6.07, 6.45) is -0.476. The van der Waals surface area contributed by atoms with Crippen LogP contribution in [0.4, 0.5) is 18.0 Å². The number of halogens is 3. The van der Waals surface area contributed by atoms with Crippen LogP contribution in [0.3, 0.4) is 0 Å². The fourth-order valence-electron chi connectivity index (χ4n) is 6.51. The zero-order chi connectivity index (χ0) is 35.1. The van der Waals surface area contributed by atoms with Gasteiger partial charge in [-0.2, -0.15) is 10.4 Å². The van der Waals surface area contributed by atoms with Gasteiger partial charge >= 0.3 is 6.09 Å². The average Bonchev–Trinajstić information content (AvgIpc) is 3.73. The Labute approximate surface area is 284 Å². The minimum Gasteiger partial charge on any atom is -0.444 e. The molecule has 7 rings (SSSR count). The molecule has 2 aromatic carbocycles. The molecule has 0 spiro atoms. The van der Waals surface area contributed by atoms with Crippen LogP contribution >= 0.6 is 11.3 Å². The molecule has 1 aliphatic heterocycles. The van der Waals surface area contributed by atoms with Crippen molar-refractivity contribution in [3.05, 3.63) is 76.3 Å². The minimum absolute atomic E-state index is 0.0129. The van der Waals surface area contributed by atoms with E-state index in [1.807, 2.05) is 56.7 Å². The fourth-order valence-corrected chi connectivity index (χ4v) is 7.44. The van der Waals surface area contributed by atoms with E-state index < -0.39 is 35.2 Å². The van der Waals surface area contributed by atoms with Crippen molar-refractivity contribution in [2.75, 3.05) is 6.54 Å². The van der Waals surface area contributed by atoms with Crippen molar-refractivity contribution < 1.29 is 22.7 Å². The third-order valence-electron chi connectivity index (χ3n) is 8.88. The highest BCUT2D eigenvalue weighted by molar-refractivity contribution is 7.17. The molecule has 0 fully saturated rings. The number of hydrogen-bond donors (Lipinski definition) is 0. The lowest BCUT2D eigenvalue weighted by Crippen LogP contribution is -2.45. The van der Waals surface area contributed by atoms with Crippen molar-refractivity contribution in [2.45, 2.75) is 59.2 Å². The maximum absolute atomic E-state index is 16.1. The Morgan fingerprint density at radius 3 is 2.51 bits per heavy atom. The van der Waals surface area contributed by atoms with Gasteiger partial charge in [0.05, 0.1) is 50.8 Å². The van der Waals surface area contributed by atoms with Crippen molar-refractivity contribution in [2.24, 2.45) is 7.05 Å². The van der Waals surface area contributed by atoms with E-state index in [4.69, 9.17) is 14.8 Å². The Kier molecular flexibility index (Phi) is 7.55. The number of nitrogens with zero attached hydrogens (tertiary/aromatic N) is 7. The molecule has 13 heteroatoms. The van der Waals surface area contributed by atoms with Crippen LogP contribution in [0.1, 0.15) is 63.8 Å². The summed E-state index contributed by atoms with van der Waals surface area (Å²) in [5.41, 5.74) is 2.40. The molecule has 1 amide bonds. The number of aromatic nitrogens is 5. The summed E-state index contributed by atoms with van der Waals surface area (Å²) >= 11 is 1.09. The second-order valence-electron chi connectivity index (χ2n) is 13.4. The molecule has 0 radical (unpaired) electrons. The first-order valence-corrected chi connectivity index (χ1v) is 16.6. The van der Waals surface area contributed by atoms with E-state index in [0.29, 0.717) is 39.8 Å². The van der Waals surface area contributed by atoms with E-state index in [0.717, 1.165) is 28.7 Å². The molecule has 49 heavy (non-hydrogen) atoms. The Balaban J connectivity index is 1.51. The maximum atomic E-state index is 16.1. The molecular weight excluding hydrogens is 652 g/mol. The number of imidazole rings is 1. The molecular formula is C36H32F3N7O2S. The molecule has 250 valence electrons. The molecule has 2 atom stereocenters. The highest BCUT2D eigenvalue weighted by Gasteiger charge is 2.37. The van der Waals surface area contributed by atoms with Gasteiger partial charge in [0, 0.05) is 47.1 Å². The summed E-state index contributed by atoms with van der Waals surface area (Å²) in [6, 6.07) is 10.1. The zero-order valence-corrected chi connectivity index (χ0v) is 28.7. The summed E-state index contributed by atoms with van der Waals surface area (Å²) in [5, 5.41) is 16.3. The number of hydrogen-bond acceptors (Lipinski definition) is 7. The van der Waals surface area contributed by atoms with Gasteiger partial charge < -0.3 is 9.30 Å². The van der Waals surface area contributed by atoms with Gasteiger partial charge in [-0.3, -0.25) is 9.58 Å². The van der Waals surface area contributed by atoms with E-state index in [1.165, 1.54) is 5.38 Å². The van der Waals surface area contributed by atoms with Gasteiger partial charge in [0.25, 0.3) is 0 Å². The number of fused-ring (bicyclic) bond motifs is 3. The molecule has 5 heterocycles. The monoisotopic (exact) mass is 683 g/mol. The van der Waals surface area contributed by atoms with Gasteiger partial charge in [0.2, 0.25) is 0 Å². The standard InChI is InChI=1S/C36H32F3N7O2S/c1-17-15-45(35(47)48-36(4,5)6)18(2)28-13-26(43-46(17)28)33-31(29-21(14-40)10-22(37)12-23(29)38)30-24(39)16-49-34(30)32(42-33)20-8-9-27-25(11-20)41-19(3)44(27)7/h8-13,16-18H,15H2,1-7H3/t17-,18+/m0/s1. The van der Waals surface area contributed by atoms with Gasteiger partial charge in [-0.15, -0.1) is 11.3 Å². The van der Waals surface area contributed by atoms with Gasteiger partial charge in [-0.1, -0.05) is 6.07 Å². The van der Waals surface area contributed by atoms with Crippen LogP contribution in [0.15, 0.2) is 41.8 Å². The van der Waals surface area contributed by atoms with Gasteiger partial charge in [0.15, 0.2) is 0 Å². The smallest absolute Gasteiger partial charge is 0.410 e. The molecule has 4 aromatic heterocycles. The minimum atomic E-state index is -1.04. The van der Waals surface area contributed by atoms with Crippen LogP contribution in [-0.2, 0) is 11.8 Å². The van der Waals surface area contributed by atoms with Crippen LogP contribution in [0.2, 0.25) is 0 Å². The van der Waals surface area contributed by atoms with Crippen LogP contribution in [-0.4, -0.2) is 47.5 Å². The zero-order valence-electron chi connectivity index (χ0n) is 27.9. The van der Waals surface area contributed by atoms with E-state index in [-0.39, 0.29) is 39.5 Å². The number of ether oxygens (including phenoxy) is 1.